The number of carboxylic acids is 1. The van der Waals surface area contributed by atoms with Crippen molar-refractivity contribution in [2.24, 2.45) is 0 Å². The molecule has 1 fully saturated rings. The highest BCUT2D eigenvalue weighted by Gasteiger charge is 2.33. The smallest absolute Gasteiger partial charge is 0.323 e. The second kappa shape index (κ2) is 9.90. The van der Waals surface area contributed by atoms with Crippen molar-refractivity contribution in [3.05, 3.63) is 69.7 Å². The number of nitrogens with zero attached hydrogens (tertiary/aromatic N) is 3. The average Bonchev–Trinajstić information content (AvgIpc) is 3.32. The summed E-state index contributed by atoms with van der Waals surface area (Å²) < 4.78 is 8.35. The highest BCUT2D eigenvalue weighted by molar-refractivity contribution is 9.10. The van der Waals surface area contributed by atoms with Crippen LogP contribution in [0.2, 0.25) is 0 Å². The van der Waals surface area contributed by atoms with Crippen molar-refractivity contribution in [1.82, 2.24) is 14.7 Å². The molecular formula is C23H18BrN3O4S2. The van der Waals surface area contributed by atoms with E-state index >= 15 is 0 Å². The molecule has 1 aromatic heterocycles. The van der Waals surface area contributed by atoms with Gasteiger partial charge in [0.15, 0.2) is 0 Å². The number of hydrogen-bond acceptors (Lipinski definition) is 6. The molecule has 33 heavy (non-hydrogen) atoms. The van der Waals surface area contributed by atoms with E-state index < -0.39 is 18.4 Å². The molecule has 2 heterocycles. The second-order valence-corrected chi connectivity index (χ2v) is 9.48. The summed E-state index contributed by atoms with van der Waals surface area (Å²) in [5, 5.41) is 13.9. The quantitative estimate of drug-likeness (QED) is 0.332. The summed E-state index contributed by atoms with van der Waals surface area (Å²) in [6.07, 6.45) is 3.53. The van der Waals surface area contributed by atoms with Crippen LogP contribution in [0.1, 0.15) is 12.5 Å². The lowest BCUT2D eigenvalue weighted by Gasteiger charge is -2.10. The molecule has 7 nitrogen and oxygen atoms in total. The molecule has 1 aliphatic rings. The molecule has 4 rings (SSSR count). The van der Waals surface area contributed by atoms with Crippen molar-refractivity contribution in [1.29, 1.82) is 0 Å². The van der Waals surface area contributed by atoms with Gasteiger partial charge in [-0.1, -0.05) is 42.2 Å². The maximum atomic E-state index is 12.8. The number of thioether (sulfide) groups is 1. The number of thiocarbonyl (C=S) groups is 1. The predicted molar refractivity (Wildman–Crippen MR) is 135 cm³/mol. The third-order valence-corrected chi connectivity index (χ3v) is 6.72. The van der Waals surface area contributed by atoms with Gasteiger partial charge in [-0.25, -0.2) is 4.68 Å². The van der Waals surface area contributed by atoms with Crippen LogP contribution in [0, 0.1) is 0 Å². The zero-order valence-electron chi connectivity index (χ0n) is 17.4. The molecule has 0 bridgehead atoms. The summed E-state index contributed by atoms with van der Waals surface area (Å²) in [4.78, 5) is 25.3. The number of carbonyl (C=O) groups excluding carboxylic acids is 1. The fraction of sp³-hybridized carbons (Fsp3) is 0.130. The number of halogens is 1. The van der Waals surface area contributed by atoms with Crippen molar-refractivity contribution in [3.8, 4) is 22.7 Å². The fourth-order valence-corrected chi connectivity index (χ4v) is 5.00. The number of benzene rings is 2. The Balaban J connectivity index is 1.79. The molecule has 0 unspecified atom stereocenters. The summed E-state index contributed by atoms with van der Waals surface area (Å²) in [6.45, 7) is 1.99. The van der Waals surface area contributed by atoms with Gasteiger partial charge in [0.05, 0.1) is 21.7 Å². The minimum absolute atomic E-state index is 0.217. The zero-order valence-corrected chi connectivity index (χ0v) is 20.6. The number of carbonyl (C=O) groups is 2. The first-order valence-corrected chi connectivity index (χ1v) is 11.9. The highest BCUT2D eigenvalue weighted by Crippen LogP contribution is 2.36. The van der Waals surface area contributed by atoms with Crippen molar-refractivity contribution in [2.45, 2.75) is 6.92 Å². The molecule has 1 N–H and O–H groups in total. The van der Waals surface area contributed by atoms with E-state index in [9.17, 15) is 9.59 Å². The number of amides is 1. The monoisotopic (exact) mass is 543 g/mol. The fourth-order valence-electron chi connectivity index (χ4n) is 3.26. The summed E-state index contributed by atoms with van der Waals surface area (Å²) >= 11 is 9.84. The third-order valence-electron chi connectivity index (χ3n) is 4.72. The van der Waals surface area contributed by atoms with Crippen molar-refractivity contribution in [2.75, 3.05) is 13.2 Å². The second-order valence-electron chi connectivity index (χ2n) is 6.95. The first-order valence-electron chi connectivity index (χ1n) is 9.92. The molecule has 1 aliphatic heterocycles. The number of aliphatic carboxylic acids is 1. The Kier molecular flexibility index (Phi) is 6.96. The van der Waals surface area contributed by atoms with Crippen LogP contribution in [0.5, 0.6) is 5.75 Å². The van der Waals surface area contributed by atoms with Gasteiger partial charge in [-0.15, -0.1) is 0 Å². The van der Waals surface area contributed by atoms with E-state index in [-0.39, 0.29) is 4.32 Å². The minimum Gasteiger partial charge on any atom is -0.493 e. The van der Waals surface area contributed by atoms with Gasteiger partial charge >= 0.3 is 5.97 Å². The van der Waals surface area contributed by atoms with Crippen LogP contribution in [0.4, 0.5) is 0 Å². The largest absolute Gasteiger partial charge is 0.493 e. The van der Waals surface area contributed by atoms with Gasteiger partial charge in [-0.05, 0) is 59.3 Å². The summed E-state index contributed by atoms with van der Waals surface area (Å²) in [5.41, 5.74) is 3.05. The van der Waals surface area contributed by atoms with Crippen LogP contribution >= 0.6 is 39.9 Å². The van der Waals surface area contributed by atoms with Gasteiger partial charge < -0.3 is 9.84 Å². The normalized spacial score (nSPS) is 14.8. The van der Waals surface area contributed by atoms with E-state index in [4.69, 9.17) is 27.2 Å². The van der Waals surface area contributed by atoms with Gasteiger partial charge in [0, 0.05) is 17.3 Å². The van der Waals surface area contributed by atoms with E-state index in [1.807, 2.05) is 61.7 Å². The van der Waals surface area contributed by atoms with E-state index in [2.05, 4.69) is 15.9 Å². The van der Waals surface area contributed by atoms with Crippen molar-refractivity contribution >= 4 is 62.2 Å². The van der Waals surface area contributed by atoms with Crippen LogP contribution in [-0.2, 0) is 9.59 Å². The van der Waals surface area contributed by atoms with Crippen LogP contribution in [0.15, 0.2) is 64.1 Å². The molecule has 10 heteroatoms. The zero-order chi connectivity index (χ0) is 23.5. The maximum absolute atomic E-state index is 12.8. The Hall–Kier alpha value is -2.95. The van der Waals surface area contributed by atoms with Gasteiger partial charge in [0.1, 0.15) is 22.3 Å². The van der Waals surface area contributed by atoms with Crippen LogP contribution in [-0.4, -0.2) is 49.1 Å². The molecule has 1 saturated heterocycles. The number of carboxylic acid groups (broad SMARTS) is 1. The SMILES string of the molecule is CCOc1ccc(-c2nn(-c3ccccc3)cc2/C=C2\SC(=S)N(CC(=O)O)C2=O)cc1Br. The molecule has 1 amide bonds. The number of para-hydroxylation sites is 1. The molecule has 0 atom stereocenters. The number of rotatable bonds is 7. The van der Waals surface area contributed by atoms with E-state index in [1.165, 1.54) is 0 Å². The van der Waals surface area contributed by atoms with Crippen LogP contribution in [0.25, 0.3) is 23.0 Å². The molecule has 3 aromatic rings. The number of hydrogen-bond donors (Lipinski definition) is 1. The maximum Gasteiger partial charge on any atom is 0.323 e. The predicted octanol–water partition coefficient (Wildman–Crippen LogP) is 4.99. The van der Waals surface area contributed by atoms with Crippen molar-refractivity contribution < 1.29 is 19.4 Å². The Bertz CT molecular complexity index is 1270. The highest BCUT2D eigenvalue weighted by atomic mass is 79.9. The van der Waals surface area contributed by atoms with Gasteiger partial charge in [0.25, 0.3) is 5.91 Å². The third kappa shape index (κ3) is 5.02. The molecule has 168 valence electrons. The van der Waals surface area contributed by atoms with Crippen molar-refractivity contribution in [3.63, 3.8) is 0 Å². The molecule has 2 aromatic carbocycles. The average molecular weight is 544 g/mol. The lowest BCUT2D eigenvalue weighted by atomic mass is 10.1. The number of aromatic nitrogens is 2. The lowest BCUT2D eigenvalue weighted by Crippen LogP contribution is -2.33. The van der Waals surface area contributed by atoms with Gasteiger partial charge in [0.2, 0.25) is 0 Å². The van der Waals surface area contributed by atoms with E-state index in [0.29, 0.717) is 22.8 Å². The standard InChI is InChI=1S/C23H18BrN3O4S2/c1-2-31-18-9-8-14(10-17(18)24)21-15(12-27(25-21)16-6-4-3-5-7-16)11-19-22(30)26(13-20(28)29)23(32)33-19/h3-12H,2,13H2,1H3,(H,28,29)/b19-11-. The summed E-state index contributed by atoms with van der Waals surface area (Å²) in [7, 11) is 0. The molecule has 0 radical (unpaired) electrons. The summed E-state index contributed by atoms with van der Waals surface area (Å²) in [6, 6.07) is 15.3. The minimum atomic E-state index is -1.12. The van der Waals surface area contributed by atoms with E-state index in [0.717, 1.165) is 38.1 Å². The Morgan fingerprint density at radius 2 is 2.03 bits per heavy atom. The van der Waals surface area contributed by atoms with Crippen LogP contribution in [0.3, 0.4) is 0 Å². The van der Waals surface area contributed by atoms with E-state index in [1.54, 1.807) is 10.8 Å². The molecular weight excluding hydrogens is 526 g/mol. The summed E-state index contributed by atoms with van der Waals surface area (Å²) in [5.74, 6) is -0.831. The first-order chi connectivity index (χ1) is 15.9. The Morgan fingerprint density at radius 1 is 1.27 bits per heavy atom. The molecule has 0 spiro atoms. The number of ether oxygens (including phenoxy) is 1. The molecule has 0 saturated carbocycles. The van der Waals surface area contributed by atoms with Gasteiger partial charge in [-0.3, -0.25) is 14.5 Å². The first kappa shape index (κ1) is 23.2. The topological polar surface area (TPSA) is 84.7 Å². The Labute approximate surface area is 208 Å². The molecule has 0 aliphatic carbocycles. The van der Waals surface area contributed by atoms with Crippen LogP contribution < -0.4 is 4.74 Å². The van der Waals surface area contributed by atoms with Gasteiger partial charge in [-0.2, -0.15) is 5.10 Å². The lowest BCUT2D eigenvalue weighted by molar-refractivity contribution is -0.140. The Morgan fingerprint density at radius 3 is 2.70 bits per heavy atom.